The Morgan fingerprint density at radius 2 is 1.57 bits per heavy atom. The number of aromatic nitrogens is 1. The minimum absolute atomic E-state index is 0.176. The number of esters is 1. The molecule has 0 spiro atoms. The monoisotopic (exact) mass is 375 g/mol. The molecule has 0 atom stereocenters. The molecule has 144 valence electrons. The van der Waals surface area contributed by atoms with Crippen LogP contribution >= 0.6 is 0 Å². The van der Waals surface area contributed by atoms with E-state index in [1.54, 1.807) is 12.1 Å². The first kappa shape index (κ1) is 19.6. The van der Waals surface area contributed by atoms with E-state index in [1.807, 2.05) is 62.4 Å². The maximum atomic E-state index is 12.5. The minimum Gasteiger partial charge on any atom is -0.454 e. The highest BCUT2D eigenvalue weighted by Gasteiger charge is 2.17. The molecule has 1 heterocycles. The molecular weight excluding hydrogens is 350 g/mol. The maximum absolute atomic E-state index is 12.5. The van der Waals surface area contributed by atoms with Crippen LogP contribution in [0, 0.1) is 13.8 Å². The van der Waals surface area contributed by atoms with Crippen molar-refractivity contribution >= 4 is 11.8 Å². The highest BCUT2D eigenvalue weighted by molar-refractivity contribution is 6.00. The number of nitrogens with zero attached hydrogens (tertiary/aromatic N) is 1. The van der Waals surface area contributed by atoms with Crippen LogP contribution in [0.25, 0.3) is 11.1 Å². The average molecular weight is 375 g/mol. The van der Waals surface area contributed by atoms with Gasteiger partial charge in [0.15, 0.2) is 6.61 Å². The zero-order valence-electron chi connectivity index (χ0n) is 16.6. The molecule has 1 aromatic heterocycles. The SMILES string of the molecule is CCCn1c(C)cc(C(=O)COC(=O)c2ccc(-c3ccccc3)cc2)c1C. The van der Waals surface area contributed by atoms with Crippen LogP contribution < -0.4 is 0 Å². The molecule has 2 aromatic carbocycles. The smallest absolute Gasteiger partial charge is 0.338 e. The van der Waals surface area contributed by atoms with Gasteiger partial charge in [0.1, 0.15) is 0 Å². The van der Waals surface area contributed by atoms with E-state index >= 15 is 0 Å². The molecule has 0 unspecified atom stereocenters. The Kier molecular flexibility index (Phi) is 6.09. The maximum Gasteiger partial charge on any atom is 0.338 e. The summed E-state index contributed by atoms with van der Waals surface area (Å²) in [6.07, 6.45) is 0.998. The highest BCUT2D eigenvalue weighted by atomic mass is 16.5. The molecule has 0 N–H and O–H groups in total. The number of hydrogen-bond donors (Lipinski definition) is 0. The molecule has 0 aliphatic rings. The predicted octanol–water partition coefficient (Wildman–Crippen LogP) is 5.22. The number of Topliss-reactive ketones (excluding diaryl/α,β-unsaturated/α-hetero) is 1. The largest absolute Gasteiger partial charge is 0.454 e. The average Bonchev–Trinajstić information content (AvgIpc) is 3.01. The van der Waals surface area contributed by atoms with Crippen LogP contribution in [0.2, 0.25) is 0 Å². The molecule has 0 aliphatic heterocycles. The van der Waals surface area contributed by atoms with Gasteiger partial charge in [0.25, 0.3) is 0 Å². The molecule has 0 saturated heterocycles. The lowest BCUT2D eigenvalue weighted by atomic mass is 10.0. The van der Waals surface area contributed by atoms with E-state index in [1.165, 1.54) is 0 Å². The van der Waals surface area contributed by atoms with Crippen LogP contribution in [-0.4, -0.2) is 22.9 Å². The molecule has 3 aromatic rings. The fourth-order valence-electron chi connectivity index (χ4n) is 3.37. The lowest BCUT2D eigenvalue weighted by Gasteiger charge is -2.08. The Balaban J connectivity index is 1.64. The van der Waals surface area contributed by atoms with Gasteiger partial charge in [-0.15, -0.1) is 0 Å². The van der Waals surface area contributed by atoms with Crippen molar-refractivity contribution in [3.05, 3.63) is 83.2 Å². The van der Waals surface area contributed by atoms with Gasteiger partial charge < -0.3 is 9.30 Å². The minimum atomic E-state index is -0.490. The summed E-state index contributed by atoms with van der Waals surface area (Å²) in [6, 6.07) is 19.0. The summed E-state index contributed by atoms with van der Waals surface area (Å²) in [5.41, 5.74) is 5.14. The van der Waals surface area contributed by atoms with E-state index in [9.17, 15) is 9.59 Å². The molecule has 0 aliphatic carbocycles. The molecule has 28 heavy (non-hydrogen) atoms. The second-order valence-corrected chi connectivity index (χ2v) is 6.88. The zero-order valence-corrected chi connectivity index (χ0v) is 16.6. The Morgan fingerprint density at radius 1 is 0.929 bits per heavy atom. The van der Waals surface area contributed by atoms with Gasteiger partial charge in [-0.1, -0.05) is 49.4 Å². The van der Waals surface area contributed by atoms with Crippen LogP contribution in [0.1, 0.15) is 45.4 Å². The molecule has 4 heteroatoms. The third-order valence-electron chi connectivity index (χ3n) is 4.88. The van der Waals surface area contributed by atoms with E-state index in [-0.39, 0.29) is 12.4 Å². The van der Waals surface area contributed by atoms with Gasteiger partial charge in [-0.05, 0) is 49.6 Å². The summed E-state index contributed by atoms with van der Waals surface area (Å²) in [7, 11) is 0. The molecule has 0 radical (unpaired) electrons. The number of benzene rings is 2. The number of carbonyl (C=O) groups is 2. The van der Waals surface area contributed by atoms with Gasteiger partial charge >= 0.3 is 5.97 Å². The van der Waals surface area contributed by atoms with Crippen LogP contribution in [-0.2, 0) is 11.3 Å². The van der Waals surface area contributed by atoms with Gasteiger partial charge in [-0.2, -0.15) is 0 Å². The van der Waals surface area contributed by atoms with Gasteiger partial charge in [0.2, 0.25) is 5.78 Å². The number of ketones is 1. The van der Waals surface area contributed by atoms with Crippen molar-refractivity contribution in [3.63, 3.8) is 0 Å². The number of carbonyl (C=O) groups excluding carboxylic acids is 2. The van der Waals surface area contributed by atoms with Crippen molar-refractivity contribution < 1.29 is 14.3 Å². The van der Waals surface area contributed by atoms with Gasteiger partial charge in [0.05, 0.1) is 5.56 Å². The fraction of sp³-hybridized carbons (Fsp3) is 0.250. The number of rotatable bonds is 7. The Morgan fingerprint density at radius 3 is 2.21 bits per heavy atom. The quantitative estimate of drug-likeness (QED) is 0.420. The summed E-state index contributed by atoms with van der Waals surface area (Å²) in [5.74, 6) is -0.667. The van der Waals surface area contributed by atoms with Crippen LogP contribution in [0.4, 0.5) is 0 Å². The molecule has 3 rings (SSSR count). The highest BCUT2D eigenvalue weighted by Crippen LogP contribution is 2.20. The van der Waals surface area contributed by atoms with Crippen molar-refractivity contribution in [1.82, 2.24) is 4.57 Å². The molecular formula is C24H25NO3. The molecule has 0 bridgehead atoms. The number of aryl methyl sites for hydroxylation is 1. The normalized spacial score (nSPS) is 10.7. The van der Waals surface area contributed by atoms with E-state index in [0.29, 0.717) is 11.1 Å². The Hall–Kier alpha value is -3.14. The lowest BCUT2D eigenvalue weighted by Crippen LogP contribution is -2.15. The first-order valence-electron chi connectivity index (χ1n) is 9.53. The van der Waals surface area contributed by atoms with E-state index in [0.717, 1.165) is 35.5 Å². The summed E-state index contributed by atoms with van der Waals surface area (Å²) >= 11 is 0. The van der Waals surface area contributed by atoms with Crippen LogP contribution in [0.5, 0.6) is 0 Å². The van der Waals surface area contributed by atoms with Crippen LogP contribution in [0.3, 0.4) is 0 Å². The van der Waals surface area contributed by atoms with E-state index in [2.05, 4.69) is 11.5 Å². The first-order chi connectivity index (χ1) is 13.5. The Bertz CT molecular complexity index is 969. The van der Waals surface area contributed by atoms with Crippen molar-refractivity contribution in [2.24, 2.45) is 0 Å². The predicted molar refractivity (Wildman–Crippen MR) is 111 cm³/mol. The summed E-state index contributed by atoms with van der Waals surface area (Å²) in [6.45, 7) is 6.64. The summed E-state index contributed by atoms with van der Waals surface area (Å²) in [4.78, 5) is 24.8. The second-order valence-electron chi connectivity index (χ2n) is 6.88. The standard InChI is InChI=1S/C24H25NO3/c1-4-14-25-17(2)15-22(18(25)3)23(26)16-28-24(27)21-12-10-20(11-13-21)19-8-6-5-7-9-19/h5-13,15H,4,14,16H2,1-3H3. The fourth-order valence-corrected chi connectivity index (χ4v) is 3.37. The lowest BCUT2D eigenvalue weighted by molar-refractivity contribution is 0.0474. The van der Waals surface area contributed by atoms with E-state index in [4.69, 9.17) is 4.74 Å². The third-order valence-corrected chi connectivity index (χ3v) is 4.88. The second kappa shape index (κ2) is 8.70. The first-order valence-corrected chi connectivity index (χ1v) is 9.53. The van der Waals surface area contributed by atoms with E-state index < -0.39 is 5.97 Å². The molecule has 0 fully saturated rings. The van der Waals surface area contributed by atoms with Gasteiger partial charge in [-0.25, -0.2) is 4.79 Å². The van der Waals surface area contributed by atoms with Crippen molar-refractivity contribution in [2.75, 3.05) is 6.61 Å². The summed E-state index contributed by atoms with van der Waals surface area (Å²) in [5, 5.41) is 0. The van der Waals surface area contributed by atoms with Gasteiger partial charge in [0, 0.05) is 23.5 Å². The van der Waals surface area contributed by atoms with Gasteiger partial charge in [-0.3, -0.25) is 4.79 Å². The zero-order chi connectivity index (χ0) is 20.1. The van der Waals surface area contributed by atoms with Crippen molar-refractivity contribution in [3.8, 4) is 11.1 Å². The third kappa shape index (κ3) is 4.22. The molecule has 0 saturated carbocycles. The Labute approximate surface area is 165 Å². The molecule has 0 amide bonds. The van der Waals surface area contributed by atoms with Crippen LogP contribution in [0.15, 0.2) is 60.7 Å². The van der Waals surface area contributed by atoms with Crippen molar-refractivity contribution in [2.45, 2.75) is 33.7 Å². The van der Waals surface area contributed by atoms with Crippen molar-refractivity contribution in [1.29, 1.82) is 0 Å². The topological polar surface area (TPSA) is 48.3 Å². The number of hydrogen-bond acceptors (Lipinski definition) is 3. The molecule has 4 nitrogen and oxygen atoms in total. The number of ether oxygens (including phenoxy) is 1. The summed E-state index contributed by atoms with van der Waals surface area (Å²) < 4.78 is 7.38.